The smallest absolute Gasteiger partial charge is 0.224 e. The molecule has 1 aliphatic heterocycles. The molecule has 25 heavy (non-hydrogen) atoms. The van der Waals surface area contributed by atoms with Crippen molar-refractivity contribution in [3.8, 4) is 5.75 Å². The molecule has 3 rings (SSSR count). The highest BCUT2D eigenvalue weighted by atomic mass is 16.3. The number of carbonyl (C=O) groups excluding carboxylic acids is 1. The Kier molecular flexibility index (Phi) is 5.68. The first kappa shape index (κ1) is 17.5. The van der Waals surface area contributed by atoms with Gasteiger partial charge in [0.05, 0.1) is 12.6 Å². The van der Waals surface area contributed by atoms with Crippen LogP contribution < -0.4 is 0 Å². The van der Waals surface area contributed by atoms with Crippen LogP contribution in [0.2, 0.25) is 0 Å². The van der Waals surface area contributed by atoms with E-state index in [4.69, 9.17) is 0 Å². The Morgan fingerprint density at radius 2 is 1.68 bits per heavy atom. The number of phenolic OH excluding ortho intramolecular Hbond substituents is 1. The maximum absolute atomic E-state index is 12.6. The van der Waals surface area contributed by atoms with E-state index in [-0.39, 0.29) is 24.3 Å². The number of rotatable bonds is 5. The standard InChI is InChI=1S/C20H24N2O3/c23-15-19(17-4-2-1-3-5-17)22-13-12-21(11-10-20(22)25)14-16-6-8-18(24)9-7-16/h1-9,19,23-24H,10-15H2/t19-/m1/s1. The summed E-state index contributed by atoms with van der Waals surface area (Å²) in [6, 6.07) is 16.6. The van der Waals surface area contributed by atoms with Gasteiger partial charge in [-0.3, -0.25) is 9.69 Å². The first-order chi connectivity index (χ1) is 12.2. The quantitative estimate of drug-likeness (QED) is 0.875. The largest absolute Gasteiger partial charge is 0.508 e. The number of nitrogens with zero attached hydrogens (tertiary/aromatic N) is 2. The molecule has 1 atom stereocenters. The van der Waals surface area contributed by atoms with Crippen molar-refractivity contribution >= 4 is 5.91 Å². The second kappa shape index (κ2) is 8.14. The van der Waals surface area contributed by atoms with Crippen molar-refractivity contribution in [1.29, 1.82) is 0 Å². The highest BCUT2D eigenvalue weighted by molar-refractivity contribution is 5.77. The zero-order valence-corrected chi connectivity index (χ0v) is 14.2. The summed E-state index contributed by atoms with van der Waals surface area (Å²) in [5.41, 5.74) is 2.07. The zero-order valence-electron chi connectivity index (χ0n) is 14.2. The van der Waals surface area contributed by atoms with E-state index < -0.39 is 0 Å². The first-order valence-corrected chi connectivity index (χ1v) is 8.63. The number of benzene rings is 2. The van der Waals surface area contributed by atoms with Gasteiger partial charge in [0.2, 0.25) is 5.91 Å². The average molecular weight is 340 g/mol. The summed E-state index contributed by atoms with van der Waals surface area (Å²) in [5, 5.41) is 19.2. The molecule has 0 radical (unpaired) electrons. The van der Waals surface area contributed by atoms with E-state index in [1.165, 1.54) is 0 Å². The van der Waals surface area contributed by atoms with Crippen molar-refractivity contribution in [3.63, 3.8) is 0 Å². The highest BCUT2D eigenvalue weighted by Gasteiger charge is 2.27. The number of amides is 1. The van der Waals surface area contributed by atoms with Crippen LogP contribution >= 0.6 is 0 Å². The van der Waals surface area contributed by atoms with Crippen LogP contribution in [0.15, 0.2) is 54.6 Å². The summed E-state index contributed by atoms with van der Waals surface area (Å²) in [6.07, 6.45) is 0.446. The van der Waals surface area contributed by atoms with Gasteiger partial charge in [0.1, 0.15) is 5.75 Å². The second-order valence-corrected chi connectivity index (χ2v) is 6.39. The Morgan fingerprint density at radius 3 is 2.36 bits per heavy atom. The molecule has 132 valence electrons. The van der Waals surface area contributed by atoms with Gasteiger partial charge in [0, 0.05) is 32.6 Å². The predicted molar refractivity (Wildman–Crippen MR) is 96.0 cm³/mol. The molecular formula is C20H24N2O3. The normalized spacial score (nSPS) is 17.3. The van der Waals surface area contributed by atoms with Gasteiger partial charge in [0.15, 0.2) is 0 Å². The molecule has 1 heterocycles. The molecule has 1 amide bonds. The van der Waals surface area contributed by atoms with Crippen LogP contribution in [0.4, 0.5) is 0 Å². The molecule has 2 N–H and O–H groups in total. The van der Waals surface area contributed by atoms with E-state index in [1.807, 2.05) is 42.5 Å². The maximum atomic E-state index is 12.6. The third kappa shape index (κ3) is 4.38. The minimum absolute atomic E-state index is 0.0757. The van der Waals surface area contributed by atoms with Crippen molar-refractivity contribution in [2.75, 3.05) is 26.2 Å². The average Bonchev–Trinajstić information content (AvgIpc) is 2.81. The summed E-state index contributed by atoms with van der Waals surface area (Å²) >= 11 is 0. The first-order valence-electron chi connectivity index (χ1n) is 8.63. The van der Waals surface area contributed by atoms with Crippen LogP contribution in [-0.2, 0) is 11.3 Å². The number of aliphatic hydroxyl groups is 1. The van der Waals surface area contributed by atoms with Gasteiger partial charge in [-0.15, -0.1) is 0 Å². The van der Waals surface area contributed by atoms with Gasteiger partial charge < -0.3 is 15.1 Å². The number of hydrogen-bond donors (Lipinski definition) is 2. The summed E-state index contributed by atoms with van der Waals surface area (Å²) in [6.45, 7) is 2.72. The van der Waals surface area contributed by atoms with Crippen molar-refractivity contribution in [2.45, 2.75) is 19.0 Å². The van der Waals surface area contributed by atoms with E-state index >= 15 is 0 Å². The molecule has 1 saturated heterocycles. The molecule has 0 aliphatic carbocycles. The van der Waals surface area contributed by atoms with Crippen LogP contribution in [-0.4, -0.2) is 52.2 Å². The molecule has 5 nitrogen and oxygen atoms in total. The highest BCUT2D eigenvalue weighted by Crippen LogP contribution is 2.23. The lowest BCUT2D eigenvalue weighted by Gasteiger charge is -2.30. The van der Waals surface area contributed by atoms with Crippen molar-refractivity contribution in [3.05, 3.63) is 65.7 Å². The number of aromatic hydroxyl groups is 1. The van der Waals surface area contributed by atoms with Crippen molar-refractivity contribution in [2.24, 2.45) is 0 Å². The lowest BCUT2D eigenvalue weighted by atomic mass is 10.1. The number of hydrogen-bond acceptors (Lipinski definition) is 4. The third-order valence-electron chi connectivity index (χ3n) is 4.70. The fourth-order valence-electron chi connectivity index (χ4n) is 3.29. The Hall–Kier alpha value is -2.37. The predicted octanol–water partition coefficient (Wildman–Crippen LogP) is 2.16. The minimum Gasteiger partial charge on any atom is -0.508 e. The van der Waals surface area contributed by atoms with Crippen LogP contribution in [0, 0.1) is 0 Å². The van der Waals surface area contributed by atoms with E-state index in [9.17, 15) is 15.0 Å². The zero-order chi connectivity index (χ0) is 17.6. The molecule has 0 bridgehead atoms. The molecule has 0 aromatic heterocycles. The van der Waals surface area contributed by atoms with Crippen LogP contribution in [0.25, 0.3) is 0 Å². The molecule has 2 aromatic rings. The third-order valence-corrected chi connectivity index (χ3v) is 4.70. The molecule has 1 fully saturated rings. The van der Waals surface area contributed by atoms with Gasteiger partial charge in [-0.05, 0) is 23.3 Å². The Bertz CT molecular complexity index is 688. The Labute approximate surface area is 148 Å². The Balaban J connectivity index is 1.68. The summed E-state index contributed by atoms with van der Waals surface area (Å²) in [4.78, 5) is 16.6. The van der Waals surface area contributed by atoms with Crippen molar-refractivity contribution < 1.29 is 15.0 Å². The van der Waals surface area contributed by atoms with Crippen LogP contribution in [0.5, 0.6) is 5.75 Å². The van der Waals surface area contributed by atoms with E-state index in [0.29, 0.717) is 19.5 Å². The fourth-order valence-corrected chi connectivity index (χ4v) is 3.29. The lowest BCUT2D eigenvalue weighted by molar-refractivity contribution is -0.133. The maximum Gasteiger partial charge on any atom is 0.224 e. The summed E-state index contributed by atoms with van der Waals surface area (Å²) in [5.74, 6) is 0.339. The fraction of sp³-hybridized carbons (Fsp3) is 0.350. The molecule has 0 spiro atoms. The van der Waals surface area contributed by atoms with Crippen LogP contribution in [0.3, 0.4) is 0 Å². The van der Waals surface area contributed by atoms with Crippen molar-refractivity contribution in [1.82, 2.24) is 9.80 Å². The summed E-state index contributed by atoms with van der Waals surface area (Å²) in [7, 11) is 0. The van der Waals surface area contributed by atoms with E-state index in [0.717, 1.165) is 24.2 Å². The SMILES string of the molecule is O=C1CCN(Cc2ccc(O)cc2)CCN1[C@H](CO)c1ccccc1. The topological polar surface area (TPSA) is 64.0 Å². The second-order valence-electron chi connectivity index (χ2n) is 6.39. The molecule has 2 aromatic carbocycles. The van der Waals surface area contributed by atoms with E-state index in [1.54, 1.807) is 17.0 Å². The van der Waals surface area contributed by atoms with Gasteiger partial charge >= 0.3 is 0 Å². The van der Waals surface area contributed by atoms with Crippen LogP contribution in [0.1, 0.15) is 23.6 Å². The number of phenols is 1. The molecule has 0 saturated carbocycles. The van der Waals surface area contributed by atoms with Gasteiger partial charge in [-0.2, -0.15) is 0 Å². The molecular weight excluding hydrogens is 316 g/mol. The number of aliphatic hydroxyl groups excluding tert-OH is 1. The van der Waals surface area contributed by atoms with Gasteiger partial charge in [-0.1, -0.05) is 42.5 Å². The number of carbonyl (C=O) groups is 1. The molecule has 1 aliphatic rings. The summed E-state index contributed by atoms with van der Waals surface area (Å²) < 4.78 is 0. The Morgan fingerprint density at radius 1 is 0.960 bits per heavy atom. The lowest BCUT2D eigenvalue weighted by Crippen LogP contribution is -2.38. The van der Waals surface area contributed by atoms with Gasteiger partial charge in [-0.25, -0.2) is 0 Å². The monoisotopic (exact) mass is 340 g/mol. The minimum atomic E-state index is -0.290. The molecule has 0 unspecified atom stereocenters. The van der Waals surface area contributed by atoms with Gasteiger partial charge in [0.25, 0.3) is 0 Å². The van der Waals surface area contributed by atoms with E-state index in [2.05, 4.69) is 4.90 Å². The molecule has 5 heteroatoms.